The van der Waals surface area contributed by atoms with Gasteiger partial charge in [0.25, 0.3) is 0 Å². The Balaban J connectivity index is 1.95. The van der Waals surface area contributed by atoms with Gasteiger partial charge >= 0.3 is 5.97 Å². The summed E-state index contributed by atoms with van der Waals surface area (Å²) in [7, 11) is 0. The molecule has 3 nitrogen and oxygen atoms in total. The van der Waals surface area contributed by atoms with Crippen LogP contribution < -0.4 is 5.32 Å². The van der Waals surface area contributed by atoms with Crippen molar-refractivity contribution in [2.45, 2.75) is 25.9 Å². The molecule has 0 aliphatic carbocycles. The molecule has 1 aromatic carbocycles. The zero-order chi connectivity index (χ0) is 13.7. The van der Waals surface area contributed by atoms with E-state index in [0.717, 1.165) is 10.4 Å². The SMILES string of the molecule is Cc1ccc(CN[C@@H](Cc2ccccc2)C(=O)O)s1. The van der Waals surface area contributed by atoms with Crippen molar-refractivity contribution < 1.29 is 9.90 Å². The molecule has 0 saturated carbocycles. The quantitative estimate of drug-likeness (QED) is 0.852. The second-order valence-corrected chi connectivity index (χ2v) is 5.85. The third-order valence-corrected chi connectivity index (χ3v) is 3.90. The van der Waals surface area contributed by atoms with Crippen molar-refractivity contribution in [1.82, 2.24) is 5.32 Å². The van der Waals surface area contributed by atoms with Gasteiger partial charge in [-0.3, -0.25) is 10.1 Å². The number of hydrogen-bond acceptors (Lipinski definition) is 3. The largest absolute Gasteiger partial charge is 0.480 e. The highest BCUT2D eigenvalue weighted by Gasteiger charge is 2.17. The van der Waals surface area contributed by atoms with E-state index in [4.69, 9.17) is 0 Å². The fourth-order valence-electron chi connectivity index (χ4n) is 1.90. The molecule has 0 amide bonds. The van der Waals surface area contributed by atoms with Crippen molar-refractivity contribution in [3.05, 3.63) is 57.8 Å². The molecule has 2 N–H and O–H groups in total. The summed E-state index contributed by atoms with van der Waals surface area (Å²) in [6, 6.07) is 13.2. The lowest BCUT2D eigenvalue weighted by Crippen LogP contribution is -2.37. The molecule has 0 aliphatic rings. The van der Waals surface area contributed by atoms with Gasteiger partial charge in [-0.15, -0.1) is 11.3 Å². The Morgan fingerprint density at radius 3 is 2.58 bits per heavy atom. The lowest BCUT2D eigenvalue weighted by molar-refractivity contribution is -0.139. The molecule has 0 bridgehead atoms. The van der Waals surface area contributed by atoms with Gasteiger partial charge in [-0.05, 0) is 31.0 Å². The highest BCUT2D eigenvalue weighted by molar-refractivity contribution is 7.11. The smallest absolute Gasteiger partial charge is 0.321 e. The van der Waals surface area contributed by atoms with Gasteiger partial charge in [0.05, 0.1) is 0 Å². The minimum Gasteiger partial charge on any atom is -0.480 e. The van der Waals surface area contributed by atoms with Gasteiger partial charge in [0, 0.05) is 16.3 Å². The number of benzene rings is 1. The molecule has 1 atom stereocenters. The van der Waals surface area contributed by atoms with Crippen LogP contribution in [0.5, 0.6) is 0 Å². The number of aliphatic carboxylic acids is 1. The van der Waals surface area contributed by atoms with Gasteiger partial charge in [-0.1, -0.05) is 30.3 Å². The first-order valence-corrected chi connectivity index (χ1v) is 7.02. The Kier molecular flexibility index (Phi) is 4.71. The monoisotopic (exact) mass is 275 g/mol. The highest BCUT2D eigenvalue weighted by Crippen LogP contribution is 2.15. The fraction of sp³-hybridized carbons (Fsp3) is 0.267. The van der Waals surface area contributed by atoms with E-state index >= 15 is 0 Å². The van der Waals surface area contributed by atoms with E-state index in [1.807, 2.05) is 43.3 Å². The standard InChI is InChI=1S/C15H17NO2S/c1-11-7-8-13(19-11)10-16-14(15(17)18)9-12-5-3-2-4-6-12/h2-8,14,16H,9-10H2,1H3,(H,17,18)/t14-/m0/s1. The molecule has 1 aromatic heterocycles. The Morgan fingerprint density at radius 1 is 1.26 bits per heavy atom. The van der Waals surface area contributed by atoms with E-state index in [1.165, 1.54) is 4.88 Å². The number of aryl methyl sites for hydroxylation is 1. The third kappa shape index (κ3) is 4.19. The second kappa shape index (κ2) is 6.50. The maximum absolute atomic E-state index is 11.3. The van der Waals surface area contributed by atoms with Gasteiger partial charge in [-0.25, -0.2) is 0 Å². The summed E-state index contributed by atoms with van der Waals surface area (Å²) in [5.41, 5.74) is 1.03. The zero-order valence-corrected chi connectivity index (χ0v) is 11.6. The summed E-state index contributed by atoms with van der Waals surface area (Å²) in [6.07, 6.45) is 0.501. The average Bonchev–Trinajstić information content (AvgIpc) is 2.81. The second-order valence-electron chi connectivity index (χ2n) is 4.47. The molecule has 0 saturated heterocycles. The predicted molar refractivity (Wildman–Crippen MR) is 77.5 cm³/mol. The van der Waals surface area contributed by atoms with Crippen LogP contribution in [0.1, 0.15) is 15.3 Å². The first-order valence-electron chi connectivity index (χ1n) is 6.20. The van der Waals surface area contributed by atoms with Gasteiger partial charge in [-0.2, -0.15) is 0 Å². The third-order valence-electron chi connectivity index (χ3n) is 2.90. The number of carboxylic acids is 1. The number of nitrogens with one attached hydrogen (secondary N) is 1. The normalized spacial score (nSPS) is 12.3. The number of hydrogen-bond donors (Lipinski definition) is 2. The van der Waals surface area contributed by atoms with Crippen LogP contribution in [0, 0.1) is 6.92 Å². The van der Waals surface area contributed by atoms with Crippen molar-refractivity contribution in [3.63, 3.8) is 0 Å². The van der Waals surface area contributed by atoms with Crippen LogP contribution >= 0.6 is 11.3 Å². The van der Waals surface area contributed by atoms with Crippen LogP contribution in [0.2, 0.25) is 0 Å². The van der Waals surface area contributed by atoms with Crippen LogP contribution in [-0.2, 0) is 17.8 Å². The van der Waals surface area contributed by atoms with E-state index in [-0.39, 0.29) is 0 Å². The summed E-state index contributed by atoms with van der Waals surface area (Å²) < 4.78 is 0. The van der Waals surface area contributed by atoms with Crippen molar-refractivity contribution in [1.29, 1.82) is 0 Å². The molecule has 2 rings (SSSR count). The lowest BCUT2D eigenvalue weighted by atomic mass is 10.1. The topological polar surface area (TPSA) is 49.3 Å². The summed E-state index contributed by atoms with van der Waals surface area (Å²) in [5, 5.41) is 12.4. The minimum absolute atomic E-state index is 0.501. The number of carbonyl (C=O) groups is 1. The Hall–Kier alpha value is -1.65. The van der Waals surface area contributed by atoms with Gasteiger partial charge < -0.3 is 5.11 Å². The molecule has 4 heteroatoms. The van der Waals surface area contributed by atoms with Crippen molar-refractivity contribution in [2.24, 2.45) is 0 Å². The molecular weight excluding hydrogens is 258 g/mol. The van der Waals surface area contributed by atoms with Gasteiger partial charge in [0.15, 0.2) is 0 Å². The number of rotatable bonds is 6. The van der Waals surface area contributed by atoms with E-state index in [2.05, 4.69) is 11.4 Å². The summed E-state index contributed by atoms with van der Waals surface area (Å²) in [5.74, 6) is -0.808. The first kappa shape index (κ1) is 13.8. The van der Waals surface area contributed by atoms with Gasteiger partial charge in [0.2, 0.25) is 0 Å². The summed E-state index contributed by atoms with van der Waals surface area (Å²) in [4.78, 5) is 13.7. The summed E-state index contributed by atoms with van der Waals surface area (Å²) >= 11 is 1.69. The molecule has 19 heavy (non-hydrogen) atoms. The van der Waals surface area contributed by atoms with Crippen molar-refractivity contribution in [3.8, 4) is 0 Å². The molecule has 100 valence electrons. The molecule has 0 aliphatic heterocycles. The van der Waals surface area contributed by atoms with Gasteiger partial charge in [0.1, 0.15) is 6.04 Å². The number of carboxylic acid groups (broad SMARTS) is 1. The van der Waals surface area contributed by atoms with Crippen LogP contribution in [0.4, 0.5) is 0 Å². The van der Waals surface area contributed by atoms with E-state index in [0.29, 0.717) is 13.0 Å². The van der Waals surface area contributed by atoms with Crippen molar-refractivity contribution in [2.75, 3.05) is 0 Å². The van der Waals surface area contributed by atoms with E-state index in [9.17, 15) is 9.90 Å². The van der Waals surface area contributed by atoms with Crippen LogP contribution in [0.3, 0.4) is 0 Å². The molecular formula is C15H17NO2S. The molecule has 0 spiro atoms. The maximum atomic E-state index is 11.3. The van der Waals surface area contributed by atoms with Crippen LogP contribution in [0.25, 0.3) is 0 Å². The lowest BCUT2D eigenvalue weighted by Gasteiger charge is -2.13. The average molecular weight is 275 g/mol. The minimum atomic E-state index is -0.808. The molecule has 0 radical (unpaired) electrons. The molecule has 2 aromatic rings. The first-order chi connectivity index (χ1) is 9.15. The van der Waals surface area contributed by atoms with E-state index < -0.39 is 12.0 Å². The zero-order valence-electron chi connectivity index (χ0n) is 10.8. The van der Waals surface area contributed by atoms with E-state index in [1.54, 1.807) is 11.3 Å². The highest BCUT2D eigenvalue weighted by atomic mass is 32.1. The fourth-order valence-corrected chi connectivity index (χ4v) is 2.74. The molecule has 0 fully saturated rings. The maximum Gasteiger partial charge on any atom is 0.321 e. The predicted octanol–water partition coefficient (Wildman–Crippen LogP) is 2.84. The van der Waals surface area contributed by atoms with Crippen LogP contribution in [0.15, 0.2) is 42.5 Å². The molecule has 0 unspecified atom stereocenters. The Bertz CT molecular complexity index is 536. The summed E-state index contributed by atoms with van der Waals surface area (Å²) in [6.45, 7) is 2.65. The van der Waals surface area contributed by atoms with Crippen molar-refractivity contribution >= 4 is 17.3 Å². The Labute approximate surface area is 116 Å². The number of thiophene rings is 1. The molecule has 1 heterocycles. The van der Waals surface area contributed by atoms with Crippen LogP contribution in [-0.4, -0.2) is 17.1 Å². The Morgan fingerprint density at radius 2 is 2.00 bits per heavy atom.